The molecule has 0 aromatic carbocycles. The average molecular weight is 359 g/mol. The summed E-state index contributed by atoms with van der Waals surface area (Å²) in [5.74, 6) is 0. The van der Waals surface area contributed by atoms with Crippen LogP contribution in [0.3, 0.4) is 0 Å². The van der Waals surface area contributed by atoms with E-state index >= 15 is 0 Å². The van der Waals surface area contributed by atoms with Crippen molar-refractivity contribution in [3.05, 3.63) is 22.4 Å². The molecule has 0 unspecified atom stereocenters. The monoisotopic (exact) mass is 359 g/mol. The summed E-state index contributed by atoms with van der Waals surface area (Å²) >= 11 is -1.18. The van der Waals surface area contributed by atoms with Gasteiger partial charge in [-0.05, 0) is 0 Å². The molecular weight excluding hydrogens is 348 g/mol. The molecule has 101 valence electrons. The van der Waals surface area contributed by atoms with Crippen LogP contribution in [0, 0.1) is 0 Å². The second-order valence-electron chi connectivity index (χ2n) is 3.23. The number of alkyl halides is 3. The zero-order valence-electron chi connectivity index (χ0n) is 8.66. The van der Waals surface area contributed by atoms with Crippen molar-refractivity contribution in [1.82, 2.24) is 0 Å². The van der Waals surface area contributed by atoms with Crippen molar-refractivity contribution in [2.75, 3.05) is 0 Å². The van der Waals surface area contributed by atoms with E-state index in [1.807, 2.05) is 12.2 Å². The summed E-state index contributed by atoms with van der Waals surface area (Å²) in [6, 6.07) is 0. The standard InChI is InChI=1S/C8H11.CHF3O3S.Rh/c1-2-4-6-8-7-5-3-1;2-1(3,4)8(5,6)7;/h1-2,7H,3-6H2;(H,5,6,7);/q;;+1/p-1. The summed E-state index contributed by atoms with van der Waals surface area (Å²) in [5.41, 5.74) is -5.33. The van der Waals surface area contributed by atoms with Gasteiger partial charge in [0.2, 0.25) is 0 Å². The molecule has 0 spiro atoms. The summed E-state index contributed by atoms with van der Waals surface area (Å²) in [7, 11) is -5.45. The van der Waals surface area contributed by atoms with E-state index in [1.165, 1.54) is 0 Å². The molecule has 0 atom stereocenters. The third-order valence-electron chi connectivity index (χ3n) is 1.87. The first-order valence-corrected chi connectivity index (χ1v) is 7.67. The van der Waals surface area contributed by atoms with Crippen LogP contribution in [-0.2, 0) is 30.6 Å². The van der Waals surface area contributed by atoms with E-state index < -0.39 is 33.1 Å². The van der Waals surface area contributed by atoms with Crippen LogP contribution in [0.25, 0.3) is 0 Å². The van der Waals surface area contributed by atoms with Crippen molar-refractivity contribution >= 4 is 10.1 Å². The van der Waals surface area contributed by atoms with E-state index in [2.05, 4.69) is 3.01 Å². The van der Waals surface area contributed by atoms with Crippen molar-refractivity contribution in [3.63, 3.8) is 0 Å². The molecule has 1 aliphatic rings. The van der Waals surface area contributed by atoms with Crippen molar-refractivity contribution in [2.24, 2.45) is 0 Å². The Morgan fingerprint density at radius 2 is 1.82 bits per heavy atom. The summed E-state index contributed by atoms with van der Waals surface area (Å²) in [4.78, 5) is 0. The summed E-state index contributed by atoms with van der Waals surface area (Å²) < 4.78 is 62.1. The molecule has 0 fully saturated rings. The van der Waals surface area contributed by atoms with Gasteiger partial charge in [-0.15, -0.1) is 0 Å². The van der Waals surface area contributed by atoms with Gasteiger partial charge in [0.25, 0.3) is 0 Å². The molecule has 0 aromatic heterocycles. The Kier molecular flexibility index (Phi) is 5.34. The van der Waals surface area contributed by atoms with E-state index in [-0.39, 0.29) is 0 Å². The second kappa shape index (κ2) is 6.11. The Hall–Kier alpha value is -0.197. The predicted octanol–water partition coefficient (Wildman–Crippen LogP) is 2.86. The maximum atomic E-state index is 12.0. The quantitative estimate of drug-likeness (QED) is 0.442. The Labute approximate surface area is 106 Å². The first kappa shape index (κ1) is 14.9. The van der Waals surface area contributed by atoms with Crippen molar-refractivity contribution in [3.8, 4) is 0 Å². The number of allylic oxidation sites excluding steroid dienone is 4. The number of hydrogen-bond acceptors (Lipinski definition) is 3. The molecule has 3 nitrogen and oxygen atoms in total. The molecule has 8 heteroatoms. The van der Waals surface area contributed by atoms with Crippen LogP contribution in [0.15, 0.2) is 22.4 Å². The van der Waals surface area contributed by atoms with E-state index in [4.69, 9.17) is 0 Å². The van der Waals surface area contributed by atoms with Gasteiger partial charge in [0.1, 0.15) is 0 Å². The number of hydrogen-bond donors (Lipinski definition) is 0. The normalized spacial score (nSPS) is 18.6. The fraction of sp³-hybridized carbons (Fsp3) is 0.556. The zero-order chi connectivity index (χ0) is 12.9. The molecule has 0 bridgehead atoms. The molecule has 17 heavy (non-hydrogen) atoms. The Morgan fingerprint density at radius 3 is 2.47 bits per heavy atom. The predicted molar refractivity (Wildman–Crippen MR) is 51.8 cm³/mol. The minimum atomic E-state index is -5.45. The molecule has 0 saturated carbocycles. The topological polar surface area (TPSA) is 43.4 Å². The molecule has 0 aliphatic heterocycles. The molecule has 0 radical (unpaired) electrons. The van der Waals surface area contributed by atoms with E-state index in [0.717, 1.165) is 6.42 Å². The molecule has 1 aliphatic carbocycles. The van der Waals surface area contributed by atoms with Gasteiger partial charge in [0.05, 0.1) is 0 Å². The Balaban J connectivity index is 2.56. The van der Waals surface area contributed by atoms with Crippen LogP contribution in [0.4, 0.5) is 13.2 Å². The van der Waals surface area contributed by atoms with Crippen LogP contribution >= 0.6 is 0 Å². The zero-order valence-corrected chi connectivity index (χ0v) is 11.1. The fourth-order valence-electron chi connectivity index (χ4n) is 1.05. The molecule has 0 saturated heterocycles. The SMILES string of the molecule is O=S(=O)([O][Rh][C]1=CCCC=CCC1)C(F)(F)F. The summed E-state index contributed by atoms with van der Waals surface area (Å²) in [6.45, 7) is 0. The van der Waals surface area contributed by atoms with Gasteiger partial charge in [-0.1, -0.05) is 0 Å². The van der Waals surface area contributed by atoms with Gasteiger partial charge in [0.15, 0.2) is 0 Å². The average Bonchev–Trinajstić information content (AvgIpc) is 2.14. The summed E-state index contributed by atoms with van der Waals surface area (Å²) in [6.07, 6.45) is 8.45. The van der Waals surface area contributed by atoms with Gasteiger partial charge >= 0.3 is 106 Å². The van der Waals surface area contributed by atoms with E-state index in [0.29, 0.717) is 23.4 Å². The third-order valence-corrected chi connectivity index (χ3v) is 5.30. The molecular formula is C9H11F3O3RhS. The molecule has 0 aromatic rings. The molecule has 0 amide bonds. The van der Waals surface area contributed by atoms with Gasteiger partial charge in [-0.3, -0.25) is 0 Å². The first-order chi connectivity index (χ1) is 7.83. The van der Waals surface area contributed by atoms with Gasteiger partial charge in [-0.25, -0.2) is 0 Å². The second-order valence-corrected chi connectivity index (χ2v) is 6.92. The van der Waals surface area contributed by atoms with Crippen LogP contribution in [-0.4, -0.2) is 13.9 Å². The third kappa shape index (κ3) is 4.89. The van der Waals surface area contributed by atoms with Crippen molar-refractivity contribution in [2.45, 2.75) is 31.2 Å². The van der Waals surface area contributed by atoms with Crippen LogP contribution < -0.4 is 0 Å². The van der Waals surface area contributed by atoms with Crippen LogP contribution in [0.1, 0.15) is 25.7 Å². The van der Waals surface area contributed by atoms with Gasteiger partial charge in [-0.2, -0.15) is 0 Å². The van der Waals surface area contributed by atoms with E-state index in [9.17, 15) is 21.6 Å². The van der Waals surface area contributed by atoms with Crippen molar-refractivity contribution in [1.29, 1.82) is 0 Å². The number of halogens is 3. The van der Waals surface area contributed by atoms with E-state index in [1.54, 1.807) is 6.08 Å². The van der Waals surface area contributed by atoms with Gasteiger partial charge < -0.3 is 0 Å². The first-order valence-electron chi connectivity index (χ1n) is 4.77. The van der Waals surface area contributed by atoms with Crippen LogP contribution in [0.2, 0.25) is 0 Å². The van der Waals surface area contributed by atoms with Gasteiger partial charge in [0, 0.05) is 0 Å². The molecule has 1 rings (SSSR count). The van der Waals surface area contributed by atoms with Crippen LogP contribution in [0.5, 0.6) is 0 Å². The molecule has 0 heterocycles. The van der Waals surface area contributed by atoms with Crippen molar-refractivity contribution < 1.29 is 42.1 Å². The summed E-state index contributed by atoms with van der Waals surface area (Å²) in [5, 5.41) is 0. The number of rotatable bonds is 3. The minimum absolute atomic E-state index is 0.549. The maximum absolute atomic E-state index is 12.0. The fourth-order valence-corrected chi connectivity index (χ4v) is 3.56. The Bertz CT molecular complexity index is 412. The Morgan fingerprint density at radius 1 is 1.18 bits per heavy atom. The molecule has 0 N–H and O–H groups in total.